The summed E-state index contributed by atoms with van der Waals surface area (Å²) >= 11 is 0. The molecule has 2 atom stereocenters. The number of carbonyl (C=O) groups is 2. The Balaban J connectivity index is 1.91. The number of methoxy groups -OCH3 is 1. The Bertz CT molecular complexity index is 501. The first-order chi connectivity index (χ1) is 10.1. The molecule has 2 rings (SSSR count). The fourth-order valence-corrected chi connectivity index (χ4v) is 2.60. The number of aliphatic carboxylic acids is 1. The number of hydrogen-bond donors (Lipinski definition) is 3. The number of rotatable bonds is 4. The van der Waals surface area contributed by atoms with Gasteiger partial charge < -0.3 is 15.2 Å². The Morgan fingerprint density at radius 1 is 1.19 bits per heavy atom. The minimum atomic E-state index is -0.709. The number of ether oxygens (including phenoxy) is 1. The lowest BCUT2D eigenvalue weighted by molar-refractivity contribution is -0.142. The zero-order valence-corrected chi connectivity index (χ0v) is 12.0. The molecule has 0 aromatic heterocycles. The highest BCUT2D eigenvalue weighted by Crippen LogP contribution is 2.27. The van der Waals surface area contributed by atoms with E-state index in [2.05, 4.69) is 15.4 Å². The van der Waals surface area contributed by atoms with Gasteiger partial charge in [-0.1, -0.05) is 6.42 Å². The number of carbonyl (C=O) groups excluding carboxylic acids is 1. The smallest absolute Gasteiger partial charge is 0.411 e. The van der Waals surface area contributed by atoms with Gasteiger partial charge >= 0.3 is 12.1 Å². The van der Waals surface area contributed by atoms with Crippen LogP contribution in [0.3, 0.4) is 0 Å². The lowest BCUT2D eigenvalue weighted by Crippen LogP contribution is -2.30. The van der Waals surface area contributed by atoms with Crippen molar-refractivity contribution in [3.8, 4) is 0 Å². The van der Waals surface area contributed by atoms with Crippen LogP contribution in [0.2, 0.25) is 0 Å². The van der Waals surface area contributed by atoms with E-state index < -0.39 is 12.1 Å². The van der Waals surface area contributed by atoms with Crippen molar-refractivity contribution in [2.45, 2.75) is 31.7 Å². The average Bonchev–Trinajstić information content (AvgIpc) is 2.49. The maximum atomic E-state index is 11.1. The number of carboxylic acids is 1. The van der Waals surface area contributed by atoms with Crippen LogP contribution in [-0.4, -0.2) is 30.3 Å². The van der Waals surface area contributed by atoms with Crippen molar-refractivity contribution in [2.75, 3.05) is 17.7 Å². The Labute approximate surface area is 123 Å². The van der Waals surface area contributed by atoms with Gasteiger partial charge in [0.15, 0.2) is 0 Å². The summed E-state index contributed by atoms with van der Waals surface area (Å²) in [4.78, 5) is 22.1. The number of anilines is 2. The van der Waals surface area contributed by atoms with E-state index >= 15 is 0 Å². The molecule has 1 aliphatic carbocycles. The van der Waals surface area contributed by atoms with Crippen LogP contribution < -0.4 is 10.6 Å². The Kier molecular flexibility index (Phi) is 5.03. The van der Waals surface area contributed by atoms with Crippen LogP contribution >= 0.6 is 0 Å². The third-order valence-corrected chi connectivity index (χ3v) is 3.71. The molecule has 6 heteroatoms. The second-order valence-corrected chi connectivity index (χ2v) is 5.24. The Morgan fingerprint density at radius 2 is 1.86 bits per heavy atom. The van der Waals surface area contributed by atoms with E-state index in [9.17, 15) is 9.59 Å². The number of carboxylic acid groups (broad SMARTS) is 1. The maximum Gasteiger partial charge on any atom is 0.411 e. The van der Waals surface area contributed by atoms with Crippen molar-refractivity contribution >= 4 is 23.4 Å². The molecular formula is C15H20N2O4. The molecule has 0 aliphatic heterocycles. The van der Waals surface area contributed by atoms with Crippen LogP contribution in [-0.2, 0) is 9.53 Å². The number of nitrogens with one attached hydrogen (secondary N) is 2. The molecule has 1 amide bonds. The monoisotopic (exact) mass is 292 g/mol. The predicted octanol–water partition coefficient (Wildman–Crippen LogP) is 2.92. The van der Waals surface area contributed by atoms with Crippen molar-refractivity contribution in [1.82, 2.24) is 0 Å². The van der Waals surface area contributed by atoms with Gasteiger partial charge in [0.25, 0.3) is 0 Å². The van der Waals surface area contributed by atoms with Gasteiger partial charge in [0.05, 0.1) is 13.0 Å². The summed E-state index contributed by atoms with van der Waals surface area (Å²) in [5.74, 6) is -0.962. The highest BCUT2D eigenvalue weighted by atomic mass is 16.5. The van der Waals surface area contributed by atoms with Gasteiger partial charge in [-0.2, -0.15) is 0 Å². The second-order valence-electron chi connectivity index (χ2n) is 5.24. The van der Waals surface area contributed by atoms with E-state index in [0.29, 0.717) is 12.1 Å². The van der Waals surface area contributed by atoms with Gasteiger partial charge in [-0.25, -0.2) is 4.79 Å². The molecule has 3 N–H and O–H groups in total. The minimum absolute atomic E-state index is 0.180. The van der Waals surface area contributed by atoms with Gasteiger partial charge in [-0.05, 0) is 43.5 Å². The SMILES string of the molecule is COC(=O)Nc1ccc(NC2CCCC(C(=O)O)C2)cc1. The molecule has 114 valence electrons. The van der Waals surface area contributed by atoms with Crippen molar-refractivity contribution < 1.29 is 19.4 Å². The molecular weight excluding hydrogens is 272 g/mol. The highest BCUT2D eigenvalue weighted by molar-refractivity contribution is 5.84. The number of benzene rings is 1. The van der Waals surface area contributed by atoms with E-state index in [1.807, 2.05) is 12.1 Å². The molecule has 21 heavy (non-hydrogen) atoms. The Hall–Kier alpha value is -2.24. The largest absolute Gasteiger partial charge is 0.481 e. The standard InChI is InChI=1S/C15H20N2O4/c1-21-15(20)17-12-7-5-11(6-8-12)16-13-4-2-3-10(9-13)14(18)19/h5-8,10,13,16H,2-4,9H2,1H3,(H,17,20)(H,18,19). The van der Waals surface area contributed by atoms with Crippen LogP contribution in [0.1, 0.15) is 25.7 Å². The average molecular weight is 292 g/mol. The molecule has 1 fully saturated rings. The van der Waals surface area contributed by atoms with E-state index in [1.54, 1.807) is 12.1 Å². The van der Waals surface area contributed by atoms with Gasteiger partial charge in [0.2, 0.25) is 0 Å². The fraction of sp³-hybridized carbons (Fsp3) is 0.467. The zero-order chi connectivity index (χ0) is 15.2. The lowest BCUT2D eigenvalue weighted by atomic mass is 9.85. The van der Waals surface area contributed by atoms with Crippen LogP contribution in [0.4, 0.5) is 16.2 Å². The first-order valence-electron chi connectivity index (χ1n) is 7.03. The highest BCUT2D eigenvalue weighted by Gasteiger charge is 2.26. The molecule has 0 heterocycles. The first kappa shape index (κ1) is 15.2. The summed E-state index contributed by atoms with van der Waals surface area (Å²) in [6.07, 6.45) is 2.81. The van der Waals surface area contributed by atoms with Crippen molar-refractivity contribution in [1.29, 1.82) is 0 Å². The molecule has 0 saturated heterocycles. The molecule has 0 radical (unpaired) electrons. The normalized spacial score (nSPS) is 21.4. The van der Waals surface area contributed by atoms with Gasteiger partial charge in [0.1, 0.15) is 0 Å². The summed E-state index contributed by atoms with van der Waals surface area (Å²) in [5.41, 5.74) is 1.57. The molecule has 1 saturated carbocycles. The topological polar surface area (TPSA) is 87.7 Å². The summed E-state index contributed by atoms with van der Waals surface area (Å²) in [6, 6.07) is 7.44. The molecule has 0 bridgehead atoms. The predicted molar refractivity (Wildman–Crippen MR) is 79.5 cm³/mol. The fourth-order valence-electron chi connectivity index (χ4n) is 2.60. The van der Waals surface area contributed by atoms with Crippen LogP contribution in [0, 0.1) is 5.92 Å². The van der Waals surface area contributed by atoms with Gasteiger partial charge in [-0.15, -0.1) is 0 Å². The van der Waals surface area contributed by atoms with Gasteiger partial charge in [-0.3, -0.25) is 10.1 Å². The minimum Gasteiger partial charge on any atom is -0.481 e. The summed E-state index contributed by atoms with van der Waals surface area (Å²) < 4.78 is 4.52. The second kappa shape index (κ2) is 6.97. The quantitative estimate of drug-likeness (QED) is 0.794. The van der Waals surface area contributed by atoms with E-state index in [4.69, 9.17) is 5.11 Å². The van der Waals surface area contributed by atoms with Crippen molar-refractivity contribution in [2.24, 2.45) is 5.92 Å². The van der Waals surface area contributed by atoms with Crippen LogP contribution in [0.5, 0.6) is 0 Å². The maximum absolute atomic E-state index is 11.1. The van der Waals surface area contributed by atoms with Crippen molar-refractivity contribution in [3.63, 3.8) is 0 Å². The zero-order valence-electron chi connectivity index (χ0n) is 12.0. The molecule has 1 aliphatic rings. The lowest BCUT2D eigenvalue weighted by Gasteiger charge is -2.28. The molecule has 2 unspecified atom stereocenters. The van der Waals surface area contributed by atoms with Crippen molar-refractivity contribution in [3.05, 3.63) is 24.3 Å². The Morgan fingerprint density at radius 3 is 2.48 bits per heavy atom. The van der Waals surface area contributed by atoms with Crippen LogP contribution in [0.15, 0.2) is 24.3 Å². The van der Waals surface area contributed by atoms with E-state index in [-0.39, 0.29) is 12.0 Å². The van der Waals surface area contributed by atoms with E-state index in [0.717, 1.165) is 24.9 Å². The van der Waals surface area contributed by atoms with Gasteiger partial charge in [0, 0.05) is 17.4 Å². The summed E-state index contributed by atoms with van der Waals surface area (Å²) in [6.45, 7) is 0. The number of hydrogen-bond acceptors (Lipinski definition) is 4. The molecule has 0 spiro atoms. The third-order valence-electron chi connectivity index (χ3n) is 3.71. The molecule has 6 nitrogen and oxygen atoms in total. The molecule has 1 aromatic carbocycles. The summed E-state index contributed by atoms with van der Waals surface area (Å²) in [5, 5.41) is 15.0. The first-order valence-corrected chi connectivity index (χ1v) is 7.03. The number of amides is 1. The molecule has 1 aromatic rings. The third kappa shape index (κ3) is 4.37. The summed E-state index contributed by atoms with van der Waals surface area (Å²) in [7, 11) is 1.31. The van der Waals surface area contributed by atoms with Crippen LogP contribution in [0.25, 0.3) is 0 Å². The van der Waals surface area contributed by atoms with E-state index in [1.165, 1.54) is 7.11 Å².